The molecule has 160 valence electrons. The van der Waals surface area contributed by atoms with E-state index in [1.165, 1.54) is 12.8 Å². The first-order chi connectivity index (χ1) is 15.2. The molecule has 0 unspecified atom stereocenters. The molecule has 0 N–H and O–H groups in total. The van der Waals surface area contributed by atoms with Crippen LogP contribution in [-0.2, 0) is 0 Å². The molecule has 5 rings (SSSR count). The number of aryl methyl sites for hydroxylation is 1. The second-order valence-corrected chi connectivity index (χ2v) is 8.30. The number of nitrogens with zero attached hydrogens (tertiary/aromatic N) is 6. The number of hydrogen-bond donors (Lipinski definition) is 0. The second kappa shape index (κ2) is 8.45. The molecule has 2 aliphatic heterocycles. The molecule has 0 bridgehead atoms. The zero-order valence-electron chi connectivity index (χ0n) is 17.7. The minimum atomic E-state index is 0.0624. The number of likely N-dealkylation sites (tertiary alicyclic amines) is 1. The van der Waals surface area contributed by atoms with Crippen LogP contribution in [0.4, 0.5) is 5.95 Å². The largest absolute Gasteiger partial charge is 0.356 e. The average molecular weight is 419 g/mol. The van der Waals surface area contributed by atoms with Crippen molar-refractivity contribution in [1.29, 1.82) is 0 Å². The van der Waals surface area contributed by atoms with Crippen LogP contribution in [0.2, 0.25) is 0 Å². The molecule has 3 aromatic heterocycles. The maximum Gasteiger partial charge on any atom is 0.253 e. The van der Waals surface area contributed by atoms with E-state index in [1.807, 2.05) is 24.1 Å². The van der Waals surface area contributed by atoms with Crippen molar-refractivity contribution < 1.29 is 9.32 Å². The topological polar surface area (TPSA) is 88.3 Å². The number of amides is 1. The Hall–Kier alpha value is -3.29. The standard InChI is InChI=1S/C23H26N6O2/c1-16-14-20(31-27-16)19-15-25-23(29-10-2-3-11-29)26-21(19)17-6-12-28(13-7-17)22(30)18-4-8-24-9-5-18/h4-5,8-9,14-15,17H,2-3,6-7,10-13H2,1H3. The SMILES string of the molecule is Cc1cc(-c2cnc(N3CCCC3)nc2C2CCN(C(=O)c3ccncc3)CC2)on1. The third kappa shape index (κ3) is 4.02. The number of carbonyl (C=O) groups is 1. The molecule has 0 saturated carbocycles. The van der Waals surface area contributed by atoms with Crippen LogP contribution in [0.25, 0.3) is 11.3 Å². The fourth-order valence-corrected chi connectivity index (χ4v) is 4.48. The number of piperidine rings is 1. The van der Waals surface area contributed by atoms with Crippen molar-refractivity contribution in [3.63, 3.8) is 0 Å². The quantitative estimate of drug-likeness (QED) is 0.641. The third-order valence-corrected chi connectivity index (χ3v) is 6.18. The molecule has 31 heavy (non-hydrogen) atoms. The van der Waals surface area contributed by atoms with Gasteiger partial charge in [0.15, 0.2) is 5.76 Å². The third-order valence-electron chi connectivity index (χ3n) is 6.18. The molecule has 2 aliphatic rings. The lowest BCUT2D eigenvalue weighted by molar-refractivity contribution is 0.0712. The summed E-state index contributed by atoms with van der Waals surface area (Å²) >= 11 is 0. The smallest absolute Gasteiger partial charge is 0.253 e. The van der Waals surface area contributed by atoms with Crippen LogP contribution in [0.3, 0.4) is 0 Å². The molecule has 0 atom stereocenters. The van der Waals surface area contributed by atoms with Crippen molar-refractivity contribution >= 4 is 11.9 Å². The Balaban J connectivity index is 1.39. The van der Waals surface area contributed by atoms with Crippen molar-refractivity contribution in [3.05, 3.63) is 53.7 Å². The van der Waals surface area contributed by atoms with E-state index < -0.39 is 0 Å². The van der Waals surface area contributed by atoms with Gasteiger partial charge in [0, 0.05) is 62.3 Å². The van der Waals surface area contributed by atoms with Crippen LogP contribution in [0.5, 0.6) is 0 Å². The lowest BCUT2D eigenvalue weighted by atomic mass is 9.90. The molecule has 3 aromatic rings. The summed E-state index contributed by atoms with van der Waals surface area (Å²) in [6.07, 6.45) is 9.26. The molecular formula is C23H26N6O2. The van der Waals surface area contributed by atoms with E-state index in [-0.39, 0.29) is 11.8 Å². The van der Waals surface area contributed by atoms with Gasteiger partial charge in [-0.25, -0.2) is 9.97 Å². The number of carbonyl (C=O) groups excluding carboxylic acids is 1. The van der Waals surface area contributed by atoms with Crippen LogP contribution >= 0.6 is 0 Å². The first kappa shape index (κ1) is 19.7. The molecule has 8 heteroatoms. The summed E-state index contributed by atoms with van der Waals surface area (Å²) in [5.41, 5.74) is 3.43. The first-order valence-electron chi connectivity index (χ1n) is 10.9. The van der Waals surface area contributed by atoms with Crippen LogP contribution < -0.4 is 4.90 Å². The molecule has 2 fully saturated rings. The van der Waals surface area contributed by atoms with E-state index in [0.29, 0.717) is 24.4 Å². The Morgan fingerprint density at radius 3 is 2.52 bits per heavy atom. The van der Waals surface area contributed by atoms with Gasteiger partial charge in [-0.15, -0.1) is 0 Å². The summed E-state index contributed by atoms with van der Waals surface area (Å²) < 4.78 is 5.55. The molecule has 2 saturated heterocycles. The lowest BCUT2D eigenvalue weighted by Gasteiger charge is -2.32. The van der Waals surface area contributed by atoms with Gasteiger partial charge in [0.2, 0.25) is 5.95 Å². The highest BCUT2D eigenvalue weighted by molar-refractivity contribution is 5.94. The van der Waals surface area contributed by atoms with Crippen molar-refractivity contribution in [2.75, 3.05) is 31.1 Å². The number of anilines is 1. The fourth-order valence-electron chi connectivity index (χ4n) is 4.48. The average Bonchev–Trinajstić information content (AvgIpc) is 3.51. The minimum Gasteiger partial charge on any atom is -0.356 e. The Labute approximate surface area is 181 Å². The Kier molecular flexibility index (Phi) is 5.36. The second-order valence-electron chi connectivity index (χ2n) is 8.30. The van der Waals surface area contributed by atoms with E-state index in [4.69, 9.17) is 9.51 Å². The van der Waals surface area contributed by atoms with Crippen molar-refractivity contribution in [2.45, 2.75) is 38.5 Å². The molecule has 0 aliphatic carbocycles. The van der Waals surface area contributed by atoms with Gasteiger partial charge in [-0.2, -0.15) is 0 Å². The molecule has 1 amide bonds. The van der Waals surface area contributed by atoms with E-state index in [9.17, 15) is 4.79 Å². The number of rotatable bonds is 4. The Morgan fingerprint density at radius 1 is 1.10 bits per heavy atom. The maximum absolute atomic E-state index is 12.8. The highest BCUT2D eigenvalue weighted by Crippen LogP contribution is 2.35. The molecule has 8 nitrogen and oxygen atoms in total. The number of pyridine rings is 1. The van der Waals surface area contributed by atoms with Gasteiger partial charge < -0.3 is 14.3 Å². The van der Waals surface area contributed by atoms with Crippen LogP contribution in [-0.4, -0.2) is 57.1 Å². The maximum atomic E-state index is 12.8. The monoisotopic (exact) mass is 418 g/mol. The number of aromatic nitrogens is 4. The normalized spacial score (nSPS) is 17.3. The van der Waals surface area contributed by atoms with E-state index in [2.05, 4.69) is 20.0 Å². The summed E-state index contributed by atoms with van der Waals surface area (Å²) in [6.45, 7) is 5.31. The predicted molar refractivity (Wildman–Crippen MR) is 116 cm³/mol. The molecular weight excluding hydrogens is 392 g/mol. The van der Waals surface area contributed by atoms with Crippen LogP contribution in [0, 0.1) is 6.92 Å². The van der Waals surface area contributed by atoms with Gasteiger partial charge in [0.1, 0.15) is 0 Å². The van der Waals surface area contributed by atoms with Gasteiger partial charge in [-0.3, -0.25) is 9.78 Å². The van der Waals surface area contributed by atoms with Gasteiger partial charge in [0.25, 0.3) is 5.91 Å². The van der Waals surface area contributed by atoms with Crippen LogP contribution in [0.1, 0.15) is 53.3 Å². The molecule has 5 heterocycles. The van der Waals surface area contributed by atoms with Crippen molar-refractivity contribution in [3.8, 4) is 11.3 Å². The van der Waals surface area contributed by atoms with Gasteiger partial charge >= 0.3 is 0 Å². The van der Waals surface area contributed by atoms with Crippen molar-refractivity contribution in [1.82, 2.24) is 25.0 Å². The van der Waals surface area contributed by atoms with Crippen molar-refractivity contribution in [2.24, 2.45) is 0 Å². The first-order valence-corrected chi connectivity index (χ1v) is 10.9. The summed E-state index contributed by atoms with van der Waals surface area (Å²) in [7, 11) is 0. The van der Waals surface area contributed by atoms with E-state index >= 15 is 0 Å². The Bertz CT molecular complexity index is 1050. The molecule has 0 spiro atoms. The molecule has 0 aromatic carbocycles. The van der Waals surface area contributed by atoms with Gasteiger partial charge in [-0.05, 0) is 44.7 Å². The number of hydrogen-bond acceptors (Lipinski definition) is 7. The highest BCUT2D eigenvalue weighted by Gasteiger charge is 2.29. The minimum absolute atomic E-state index is 0.0624. The lowest BCUT2D eigenvalue weighted by Crippen LogP contribution is -2.38. The molecule has 0 radical (unpaired) electrons. The Morgan fingerprint density at radius 2 is 1.84 bits per heavy atom. The van der Waals surface area contributed by atoms with Gasteiger partial charge in [-0.1, -0.05) is 5.16 Å². The van der Waals surface area contributed by atoms with Gasteiger partial charge in [0.05, 0.1) is 17.0 Å². The predicted octanol–water partition coefficient (Wildman–Crippen LogP) is 3.46. The van der Waals surface area contributed by atoms with E-state index in [0.717, 1.165) is 48.8 Å². The summed E-state index contributed by atoms with van der Waals surface area (Å²) in [4.78, 5) is 30.6. The van der Waals surface area contributed by atoms with Crippen LogP contribution in [0.15, 0.2) is 41.3 Å². The summed E-state index contributed by atoms with van der Waals surface area (Å²) in [5, 5.41) is 4.05. The summed E-state index contributed by atoms with van der Waals surface area (Å²) in [6, 6.07) is 5.47. The van der Waals surface area contributed by atoms with E-state index in [1.54, 1.807) is 24.5 Å². The zero-order chi connectivity index (χ0) is 21.2. The highest BCUT2D eigenvalue weighted by atomic mass is 16.5. The zero-order valence-corrected chi connectivity index (χ0v) is 17.7. The summed E-state index contributed by atoms with van der Waals surface area (Å²) in [5.74, 6) is 1.80. The fraction of sp³-hybridized carbons (Fsp3) is 0.435.